The lowest BCUT2D eigenvalue weighted by Gasteiger charge is -2.39. The van der Waals surface area contributed by atoms with Crippen LogP contribution in [0.5, 0.6) is 0 Å². The molecule has 2 aliphatic rings. The fourth-order valence-electron chi connectivity index (χ4n) is 6.16. The molecule has 51 heavy (non-hydrogen) atoms. The predicted octanol–water partition coefficient (Wildman–Crippen LogP) is 1.46. The molecule has 4 atom stereocenters. The zero-order chi connectivity index (χ0) is 37.5. The van der Waals surface area contributed by atoms with Gasteiger partial charge in [0.05, 0.1) is 32.4 Å². The van der Waals surface area contributed by atoms with E-state index in [2.05, 4.69) is 21.3 Å². The van der Waals surface area contributed by atoms with Crippen molar-refractivity contribution in [2.75, 3.05) is 47.0 Å². The van der Waals surface area contributed by atoms with Gasteiger partial charge in [0.25, 0.3) is 5.91 Å². The minimum Gasteiger partial charge on any atom is -0.449 e. The second-order valence-corrected chi connectivity index (χ2v) is 13.7. The number of nitrogens with one attached hydrogen (secondary N) is 4. The first-order chi connectivity index (χ1) is 24.3. The molecular formula is C36H54N6O9. The van der Waals surface area contributed by atoms with Crippen LogP contribution in [0, 0.1) is 11.8 Å². The van der Waals surface area contributed by atoms with E-state index in [1.54, 1.807) is 51.4 Å². The lowest BCUT2D eigenvalue weighted by Crippen LogP contribution is -2.63. The van der Waals surface area contributed by atoms with Gasteiger partial charge in [-0.05, 0) is 36.7 Å². The van der Waals surface area contributed by atoms with E-state index >= 15 is 0 Å². The van der Waals surface area contributed by atoms with Crippen molar-refractivity contribution >= 4 is 41.4 Å². The number of Topliss-reactive ketones (excluding diaryl/α,β-unsaturated/α-hetero) is 1. The number of benzene rings is 1. The number of ether oxygens (including phenoxy) is 2. The van der Waals surface area contributed by atoms with Gasteiger partial charge in [0.1, 0.15) is 18.1 Å². The van der Waals surface area contributed by atoms with Crippen molar-refractivity contribution in [2.24, 2.45) is 11.8 Å². The maximum atomic E-state index is 14.1. The zero-order valence-corrected chi connectivity index (χ0v) is 30.4. The number of likely N-dealkylation sites (N-methyl/N-ethyl adjacent to an activating group) is 1. The molecule has 1 saturated heterocycles. The van der Waals surface area contributed by atoms with Crippen LogP contribution in [-0.2, 0) is 38.2 Å². The molecule has 1 heterocycles. The predicted molar refractivity (Wildman–Crippen MR) is 187 cm³/mol. The fraction of sp³-hybridized carbons (Fsp3) is 0.639. The summed E-state index contributed by atoms with van der Waals surface area (Å²) in [6, 6.07) is 4.34. The molecule has 0 spiro atoms. The highest BCUT2D eigenvalue weighted by Crippen LogP contribution is 2.28. The van der Waals surface area contributed by atoms with Crippen LogP contribution in [0.15, 0.2) is 30.3 Å². The minimum atomic E-state index is -1.24. The Balaban J connectivity index is 1.67. The highest BCUT2D eigenvalue weighted by Gasteiger charge is 2.41. The molecule has 2 fully saturated rings. The SMILES string of the molecule is CCC[C@@H](NC(=O)[C@@H]1COCCN1C(=O)[C@@H](NC(=O)OCC(C)C)C1CCCCC1)C(=O)C(=O)NCC(=O)N[C@H](C(=O)N(C)C)c1ccccc1. The first-order valence-electron chi connectivity index (χ1n) is 17.8. The molecule has 1 aromatic carbocycles. The van der Waals surface area contributed by atoms with Gasteiger partial charge in [-0.2, -0.15) is 0 Å². The van der Waals surface area contributed by atoms with E-state index in [-0.39, 0.29) is 50.5 Å². The van der Waals surface area contributed by atoms with Gasteiger partial charge in [0.15, 0.2) is 0 Å². The molecular weight excluding hydrogens is 660 g/mol. The van der Waals surface area contributed by atoms with Crippen molar-refractivity contribution in [3.8, 4) is 0 Å². The summed E-state index contributed by atoms with van der Waals surface area (Å²) in [4.78, 5) is 94.9. The number of ketones is 1. The second-order valence-electron chi connectivity index (χ2n) is 13.7. The molecule has 3 rings (SSSR count). The Morgan fingerprint density at radius 1 is 0.961 bits per heavy atom. The molecule has 0 aromatic heterocycles. The lowest BCUT2D eigenvalue weighted by atomic mass is 9.83. The number of amides is 6. The lowest BCUT2D eigenvalue weighted by molar-refractivity contribution is -0.152. The molecule has 1 aliphatic heterocycles. The average Bonchev–Trinajstić information content (AvgIpc) is 3.13. The van der Waals surface area contributed by atoms with Gasteiger partial charge in [0, 0.05) is 20.6 Å². The summed E-state index contributed by atoms with van der Waals surface area (Å²) in [6.45, 7) is 5.32. The quantitative estimate of drug-likeness (QED) is 0.184. The third kappa shape index (κ3) is 12.3. The average molecular weight is 715 g/mol. The fourth-order valence-corrected chi connectivity index (χ4v) is 6.16. The smallest absolute Gasteiger partial charge is 0.407 e. The number of rotatable bonds is 16. The van der Waals surface area contributed by atoms with E-state index in [0.717, 1.165) is 32.1 Å². The summed E-state index contributed by atoms with van der Waals surface area (Å²) >= 11 is 0. The Labute approximate surface area is 299 Å². The molecule has 1 aromatic rings. The highest BCUT2D eigenvalue weighted by atomic mass is 16.5. The Kier molecular flexibility index (Phi) is 16.3. The summed E-state index contributed by atoms with van der Waals surface area (Å²) in [5.41, 5.74) is 0.545. The maximum Gasteiger partial charge on any atom is 0.407 e. The summed E-state index contributed by atoms with van der Waals surface area (Å²) < 4.78 is 10.9. The van der Waals surface area contributed by atoms with Crippen LogP contribution in [-0.4, -0.2) is 116 Å². The van der Waals surface area contributed by atoms with Crippen molar-refractivity contribution in [2.45, 2.75) is 89.9 Å². The number of hydrogen-bond acceptors (Lipinski definition) is 9. The van der Waals surface area contributed by atoms with Crippen LogP contribution in [0.25, 0.3) is 0 Å². The van der Waals surface area contributed by atoms with Crippen LogP contribution in [0.3, 0.4) is 0 Å². The summed E-state index contributed by atoms with van der Waals surface area (Å²) in [5.74, 6) is -4.28. The van der Waals surface area contributed by atoms with Crippen LogP contribution in [0.1, 0.15) is 77.3 Å². The molecule has 0 radical (unpaired) electrons. The van der Waals surface area contributed by atoms with Gasteiger partial charge in [-0.25, -0.2) is 4.79 Å². The van der Waals surface area contributed by atoms with Gasteiger partial charge in [0.2, 0.25) is 29.4 Å². The van der Waals surface area contributed by atoms with E-state index < -0.39 is 66.2 Å². The Morgan fingerprint density at radius 2 is 1.65 bits per heavy atom. The molecule has 282 valence electrons. The molecule has 1 saturated carbocycles. The largest absolute Gasteiger partial charge is 0.449 e. The van der Waals surface area contributed by atoms with Gasteiger partial charge in [-0.3, -0.25) is 28.8 Å². The summed E-state index contributed by atoms with van der Waals surface area (Å²) in [5, 5.41) is 10.3. The van der Waals surface area contributed by atoms with Crippen LogP contribution >= 0.6 is 0 Å². The topological polar surface area (TPSA) is 193 Å². The van der Waals surface area contributed by atoms with Crippen LogP contribution in [0.4, 0.5) is 4.79 Å². The van der Waals surface area contributed by atoms with Crippen LogP contribution < -0.4 is 21.3 Å². The van der Waals surface area contributed by atoms with Gasteiger partial charge in [-0.15, -0.1) is 0 Å². The van der Waals surface area contributed by atoms with Crippen molar-refractivity contribution in [1.29, 1.82) is 0 Å². The standard InChI is InChI=1S/C36H54N6O9/c1-6-13-26(31(44)33(46)37-20-28(43)39-29(34(47)41(4)5)24-14-9-7-10-15-24)38-32(45)27-22-50-19-18-42(27)35(48)30(25-16-11-8-12-17-25)40-36(49)51-21-23(2)3/h7,9-10,14-15,23,25-27,29-30H,6,8,11-13,16-22H2,1-5H3,(H,37,46)(H,38,45)(H,39,43)(H,40,49)/t26-,27+,29+,30+/m1/s1. The molecule has 1 aliphatic carbocycles. The number of carbonyl (C=O) groups is 7. The monoisotopic (exact) mass is 714 g/mol. The number of hydrogen-bond donors (Lipinski definition) is 4. The first-order valence-corrected chi connectivity index (χ1v) is 17.8. The number of morpholine rings is 1. The van der Waals surface area contributed by atoms with Crippen molar-refractivity contribution in [3.05, 3.63) is 35.9 Å². The van der Waals surface area contributed by atoms with Crippen LogP contribution in [0.2, 0.25) is 0 Å². The summed E-state index contributed by atoms with van der Waals surface area (Å²) in [7, 11) is 3.11. The molecule has 6 amide bonds. The first kappa shape index (κ1) is 40.9. The van der Waals surface area contributed by atoms with Crippen molar-refractivity contribution < 1.29 is 43.0 Å². The van der Waals surface area contributed by atoms with E-state index in [1.807, 2.05) is 13.8 Å². The molecule has 15 heteroatoms. The summed E-state index contributed by atoms with van der Waals surface area (Å²) in [6.07, 6.45) is 4.19. The molecule has 15 nitrogen and oxygen atoms in total. The maximum absolute atomic E-state index is 14.1. The molecule has 0 unspecified atom stereocenters. The molecule has 0 bridgehead atoms. The van der Waals surface area contributed by atoms with Crippen molar-refractivity contribution in [1.82, 2.24) is 31.1 Å². The van der Waals surface area contributed by atoms with E-state index in [0.29, 0.717) is 12.0 Å². The van der Waals surface area contributed by atoms with Gasteiger partial charge >= 0.3 is 6.09 Å². The Hall–Kier alpha value is -4.53. The van der Waals surface area contributed by atoms with E-state index in [4.69, 9.17) is 9.47 Å². The Morgan fingerprint density at radius 3 is 2.27 bits per heavy atom. The Bertz CT molecular complexity index is 1370. The highest BCUT2D eigenvalue weighted by molar-refractivity contribution is 6.38. The van der Waals surface area contributed by atoms with Gasteiger partial charge < -0.3 is 40.5 Å². The third-order valence-corrected chi connectivity index (χ3v) is 8.89. The second kappa shape index (κ2) is 20.4. The number of nitrogens with zero attached hydrogens (tertiary/aromatic N) is 2. The minimum absolute atomic E-state index is 0.0884. The van der Waals surface area contributed by atoms with E-state index in [1.165, 1.54) is 9.80 Å². The molecule has 4 N–H and O–H groups in total. The number of alkyl carbamates (subject to hydrolysis) is 1. The zero-order valence-electron chi connectivity index (χ0n) is 30.4. The number of carbonyl (C=O) groups excluding carboxylic acids is 7. The normalized spacial score (nSPS) is 18.1. The van der Waals surface area contributed by atoms with Gasteiger partial charge in [-0.1, -0.05) is 76.8 Å². The van der Waals surface area contributed by atoms with Crippen molar-refractivity contribution in [3.63, 3.8) is 0 Å². The van der Waals surface area contributed by atoms with E-state index in [9.17, 15) is 33.6 Å². The third-order valence-electron chi connectivity index (χ3n) is 8.89.